The first-order valence-corrected chi connectivity index (χ1v) is 12.9. The molecule has 8 heteroatoms. The van der Waals surface area contributed by atoms with Crippen molar-refractivity contribution in [2.45, 2.75) is 50.2 Å². The highest BCUT2D eigenvalue weighted by atomic mass is 19.1. The fraction of sp³-hybridized carbons (Fsp3) is 0.536. The standard InChI is InChI=1S/C28H38FN3O4/c1-35-17-5-4-14-28(34,21-8-7-15-31(19-21)27(33)32-16-13-23(30)20-32)25-11-2-3-12-26(25)36-24-10-6-9-22(29)18-24/h2-3,6,9-12,18,21,23,34H,4-5,7-8,13-17,19-20,30H2,1H3. The maximum atomic E-state index is 13.8. The molecule has 7 nitrogen and oxygen atoms in total. The summed E-state index contributed by atoms with van der Waals surface area (Å²) < 4.78 is 25.1. The monoisotopic (exact) mass is 499 g/mol. The van der Waals surface area contributed by atoms with Crippen LogP contribution < -0.4 is 10.5 Å². The molecule has 0 aromatic heterocycles. The van der Waals surface area contributed by atoms with Crippen LogP contribution >= 0.6 is 0 Å². The number of carbonyl (C=O) groups is 1. The number of unbranched alkanes of at least 4 members (excludes halogenated alkanes) is 1. The highest BCUT2D eigenvalue weighted by molar-refractivity contribution is 5.75. The van der Waals surface area contributed by atoms with Gasteiger partial charge in [0.15, 0.2) is 0 Å². The van der Waals surface area contributed by atoms with Gasteiger partial charge in [0, 0.05) is 63.5 Å². The average Bonchev–Trinajstić information content (AvgIpc) is 3.32. The van der Waals surface area contributed by atoms with Crippen LogP contribution in [-0.2, 0) is 10.3 Å². The van der Waals surface area contributed by atoms with E-state index in [1.54, 1.807) is 25.3 Å². The van der Waals surface area contributed by atoms with E-state index in [0.29, 0.717) is 56.3 Å². The van der Waals surface area contributed by atoms with Gasteiger partial charge in [0.1, 0.15) is 17.3 Å². The molecule has 2 amide bonds. The Morgan fingerprint density at radius 3 is 2.67 bits per heavy atom. The predicted molar refractivity (Wildman–Crippen MR) is 136 cm³/mol. The van der Waals surface area contributed by atoms with Crippen molar-refractivity contribution < 1.29 is 23.8 Å². The van der Waals surface area contributed by atoms with E-state index in [1.807, 2.05) is 28.0 Å². The van der Waals surface area contributed by atoms with E-state index in [4.69, 9.17) is 15.2 Å². The molecule has 4 rings (SSSR count). The van der Waals surface area contributed by atoms with Crippen molar-refractivity contribution >= 4 is 6.03 Å². The Balaban J connectivity index is 1.60. The second kappa shape index (κ2) is 12.0. The number of carbonyl (C=O) groups excluding carboxylic acids is 1. The van der Waals surface area contributed by atoms with E-state index in [9.17, 15) is 14.3 Å². The summed E-state index contributed by atoms with van der Waals surface area (Å²) in [5, 5.41) is 12.4. The Bertz CT molecular complexity index is 1020. The normalized spacial score (nSPS) is 21.9. The molecule has 2 aliphatic rings. The highest BCUT2D eigenvalue weighted by Gasteiger charge is 2.43. The highest BCUT2D eigenvalue weighted by Crippen LogP contribution is 2.44. The molecule has 3 unspecified atom stereocenters. The summed E-state index contributed by atoms with van der Waals surface area (Å²) in [5.41, 5.74) is 5.47. The number of benzene rings is 2. The number of halogens is 1. The summed E-state index contributed by atoms with van der Waals surface area (Å²) >= 11 is 0. The molecule has 196 valence electrons. The van der Waals surface area contributed by atoms with Crippen molar-refractivity contribution in [1.29, 1.82) is 0 Å². The van der Waals surface area contributed by atoms with Crippen molar-refractivity contribution in [2.75, 3.05) is 39.9 Å². The fourth-order valence-corrected chi connectivity index (χ4v) is 5.47. The molecular weight excluding hydrogens is 461 g/mol. The lowest BCUT2D eigenvalue weighted by molar-refractivity contribution is -0.0586. The number of nitrogens with zero attached hydrogens (tertiary/aromatic N) is 2. The number of para-hydroxylation sites is 1. The van der Waals surface area contributed by atoms with Gasteiger partial charge in [-0.3, -0.25) is 0 Å². The lowest BCUT2D eigenvalue weighted by Crippen LogP contribution is -2.51. The number of urea groups is 1. The molecule has 0 spiro atoms. The van der Waals surface area contributed by atoms with E-state index < -0.39 is 5.60 Å². The molecule has 2 fully saturated rings. The van der Waals surface area contributed by atoms with Gasteiger partial charge in [-0.1, -0.05) is 24.3 Å². The topological polar surface area (TPSA) is 88.3 Å². The fourth-order valence-electron chi connectivity index (χ4n) is 5.47. The van der Waals surface area contributed by atoms with Crippen molar-refractivity contribution in [3.05, 3.63) is 59.9 Å². The van der Waals surface area contributed by atoms with Gasteiger partial charge in [0.25, 0.3) is 0 Å². The first-order chi connectivity index (χ1) is 17.4. The van der Waals surface area contributed by atoms with Crippen LogP contribution in [0.15, 0.2) is 48.5 Å². The molecule has 2 aliphatic heterocycles. The van der Waals surface area contributed by atoms with Crippen LogP contribution in [0.1, 0.15) is 44.1 Å². The smallest absolute Gasteiger partial charge is 0.320 e. The second-order valence-corrected chi connectivity index (χ2v) is 9.99. The number of ether oxygens (including phenoxy) is 2. The number of amides is 2. The molecule has 2 aromatic carbocycles. The van der Waals surface area contributed by atoms with E-state index in [1.165, 1.54) is 12.1 Å². The number of nitrogens with two attached hydrogens (primary N) is 1. The molecule has 2 heterocycles. The van der Waals surface area contributed by atoms with Crippen LogP contribution in [-0.4, -0.2) is 66.9 Å². The van der Waals surface area contributed by atoms with Gasteiger partial charge >= 0.3 is 6.03 Å². The Morgan fingerprint density at radius 2 is 1.92 bits per heavy atom. The zero-order chi connectivity index (χ0) is 25.5. The zero-order valence-electron chi connectivity index (χ0n) is 21.1. The first kappa shape index (κ1) is 26.4. The molecule has 0 bridgehead atoms. The van der Waals surface area contributed by atoms with E-state index >= 15 is 0 Å². The summed E-state index contributed by atoms with van der Waals surface area (Å²) in [7, 11) is 1.67. The lowest BCUT2D eigenvalue weighted by atomic mass is 9.73. The lowest BCUT2D eigenvalue weighted by Gasteiger charge is -2.44. The third-order valence-electron chi connectivity index (χ3n) is 7.40. The van der Waals surface area contributed by atoms with Gasteiger partial charge in [-0.25, -0.2) is 9.18 Å². The molecule has 2 aromatic rings. The van der Waals surface area contributed by atoms with E-state index in [-0.39, 0.29) is 23.8 Å². The number of likely N-dealkylation sites (tertiary alicyclic amines) is 2. The Morgan fingerprint density at radius 1 is 1.11 bits per heavy atom. The van der Waals surface area contributed by atoms with Gasteiger partial charge < -0.3 is 30.1 Å². The summed E-state index contributed by atoms with van der Waals surface area (Å²) in [4.78, 5) is 16.9. The van der Waals surface area contributed by atoms with Crippen LogP contribution in [0.5, 0.6) is 11.5 Å². The van der Waals surface area contributed by atoms with Gasteiger partial charge in [-0.2, -0.15) is 0 Å². The second-order valence-electron chi connectivity index (χ2n) is 9.99. The Labute approximate surface area is 213 Å². The number of aliphatic hydroxyl groups is 1. The van der Waals surface area contributed by atoms with Crippen LogP contribution in [0.25, 0.3) is 0 Å². The van der Waals surface area contributed by atoms with Crippen LogP contribution in [0, 0.1) is 11.7 Å². The van der Waals surface area contributed by atoms with Crippen molar-refractivity contribution in [3.63, 3.8) is 0 Å². The molecule has 3 atom stereocenters. The van der Waals surface area contributed by atoms with Gasteiger partial charge in [-0.15, -0.1) is 0 Å². The molecule has 0 radical (unpaired) electrons. The van der Waals surface area contributed by atoms with Crippen molar-refractivity contribution in [3.8, 4) is 11.5 Å². The van der Waals surface area contributed by atoms with Gasteiger partial charge in [-0.05, 0) is 56.7 Å². The minimum Gasteiger partial charge on any atom is -0.457 e. The average molecular weight is 500 g/mol. The number of rotatable bonds is 9. The maximum absolute atomic E-state index is 13.8. The van der Waals surface area contributed by atoms with Crippen molar-refractivity contribution in [1.82, 2.24) is 9.80 Å². The minimum atomic E-state index is -1.22. The summed E-state index contributed by atoms with van der Waals surface area (Å²) in [6.07, 6.45) is 4.48. The van der Waals surface area contributed by atoms with Gasteiger partial charge in [0.05, 0.1) is 5.60 Å². The SMILES string of the molecule is COCCCCC(O)(c1ccccc1Oc1cccc(F)c1)C1CCCN(C(=O)N2CCC(N)C2)C1. The number of hydrogen-bond acceptors (Lipinski definition) is 5. The van der Waals surface area contributed by atoms with Crippen LogP contribution in [0.3, 0.4) is 0 Å². The van der Waals surface area contributed by atoms with Crippen LogP contribution in [0.4, 0.5) is 9.18 Å². The quantitative estimate of drug-likeness (QED) is 0.497. The number of piperidine rings is 1. The number of hydrogen-bond donors (Lipinski definition) is 2. The van der Waals surface area contributed by atoms with Gasteiger partial charge in [0.2, 0.25) is 0 Å². The molecule has 2 saturated heterocycles. The third kappa shape index (κ3) is 6.17. The zero-order valence-corrected chi connectivity index (χ0v) is 21.1. The number of methoxy groups -OCH3 is 1. The summed E-state index contributed by atoms with van der Waals surface area (Å²) in [6.45, 7) is 2.99. The third-order valence-corrected chi connectivity index (χ3v) is 7.40. The maximum Gasteiger partial charge on any atom is 0.320 e. The molecular formula is C28H38FN3O4. The predicted octanol–water partition coefficient (Wildman–Crippen LogP) is 4.49. The van der Waals surface area contributed by atoms with E-state index in [0.717, 1.165) is 32.1 Å². The van der Waals surface area contributed by atoms with E-state index in [2.05, 4.69) is 0 Å². The summed E-state index contributed by atoms with van der Waals surface area (Å²) in [6, 6.07) is 13.4. The summed E-state index contributed by atoms with van der Waals surface area (Å²) in [5.74, 6) is 0.301. The first-order valence-electron chi connectivity index (χ1n) is 12.9. The molecule has 0 aliphatic carbocycles. The molecule has 0 saturated carbocycles. The largest absolute Gasteiger partial charge is 0.457 e. The molecule has 36 heavy (non-hydrogen) atoms. The Kier molecular flexibility index (Phi) is 8.82. The Hall–Kier alpha value is -2.68. The van der Waals surface area contributed by atoms with Crippen LogP contribution in [0.2, 0.25) is 0 Å². The molecule has 3 N–H and O–H groups in total. The van der Waals surface area contributed by atoms with Crippen molar-refractivity contribution in [2.24, 2.45) is 11.7 Å². The minimum absolute atomic E-state index is 0.00122.